The number of hydrogen-bond acceptors (Lipinski definition) is 4. The van der Waals surface area contributed by atoms with E-state index in [1.807, 2.05) is 0 Å². The van der Waals surface area contributed by atoms with E-state index in [1.165, 1.54) is 14.2 Å². The molecule has 4 nitrogen and oxygen atoms in total. The number of ether oxygens (including phenoxy) is 2. The van der Waals surface area contributed by atoms with Crippen molar-refractivity contribution in [2.24, 2.45) is 5.92 Å². The van der Waals surface area contributed by atoms with Gasteiger partial charge in [0.15, 0.2) is 0 Å². The van der Waals surface area contributed by atoms with E-state index in [0.29, 0.717) is 5.57 Å². The van der Waals surface area contributed by atoms with Crippen LogP contribution in [0.5, 0.6) is 0 Å². The van der Waals surface area contributed by atoms with Gasteiger partial charge in [-0.25, -0.2) is 4.79 Å². The molecule has 0 aliphatic heterocycles. The van der Waals surface area contributed by atoms with Gasteiger partial charge < -0.3 is 9.47 Å². The van der Waals surface area contributed by atoms with Crippen molar-refractivity contribution in [2.45, 2.75) is 20.3 Å². The molecule has 0 fully saturated rings. The Morgan fingerprint density at radius 2 is 1.86 bits per heavy atom. The SMILES string of the molecule is C/C=C(/C(=O)OC)C(C)CC(=O)OC. The summed E-state index contributed by atoms with van der Waals surface area (Å²) < 4.78 is 9.09. The van der Waals surface area contributed by atoms with Gasteiger partial charge in [-0.2, -0.15) is 0 Å². The Morgan fingerprint density at radius 3 is 2.21 bits per heavy atom. The lowest BCUT2D eigenvalue weighted by atomic mass is 9.97. The van der Waals surface area contributed by atoms with Crippen LogP contribution in [0.15, 0.2) is 11.6 Å². The quantitative estimate of drug-likeness (QED) is 0.507. The Kier molecular flexibility index (Phi) is 5.60. The fourth-order valence-corrected chi connectivity index (χ4v) is 1.16. The second-order valence-electron chi connectivity index (χ2n) is 2.92. The maximum Gasteiger partial charge on any atom is 0.333 e. The van der Waals surface area contributed by atoms with Crippen molar-refractivity contribution in [3.05, 3.63) is 11.6 Å². The summed E-state index contributed by atoms with van der Waals surface area (Å²) in [4.78, 5) is 22.2. The van der Waals surface area contributed by atoms with Crippen LogP contribution in [-0.4, -0.2) is 26.2 Å². The van der Waals surface area contributed by atoms with Gasteiger partial charge in [-0.05, 0) is 12.8 Å². The number of carbonyl (C=O) groups is 2. The molecule has 0 rings (SSSR count). The third-order valence-electron chi connectivity index (χ3n) is 1.96. The molecule has 1 atom stereocenters. The minimum Gasteiger partial charge on any atom is -0.469 e. The third-order valence-corrected chi connectivity index (χ3v) is 1.96. The van der Waals surface area contributed by atoms with Crippen molar-refractivity contribution >= 4 is 11.9 Å². The van der Waals surface area contributed by atoms with E-state index in [0.717, 1.165) is 0 Å². The highest BCUT2D eigenvalue weighted by Gasteiger charge is 2.19. The number of allylic oxidation sites excluding steroid dienone is 1. The summed E-state index contributed by atoms with van der Waals surface area (Å²) in [7, 11) is 2.64. The van der Waals surface area contributed by atoms with Crippen molar-refractivity contribution in [2.75, 3.05) is 14.2 Å². The third kappa shape index (κ3) is 3.60. The second-order valence-corrected chi connectivity index (χ2v) is 2.92. The summed E-state index contributed by atoms with van der Waals surface area (Å²) in [5.41, 5.74) is 0.498. The minimum absolute atomic E-state index is 0.181. The smallest absolute Gasteiger partial charge is 0.333 e. The highest BCUT2D eigenvalue weighted by atomic mass is 16.5. The van der Waals surface area contributed by atoms with Gasteiger partial charge in [0.1, 0.15) is 0 Å². The topological polar surface area (TPSA) is 52.6 Å². The monoisotopic (exact) mass is 200 g/mol. The Labute approximate surface area is 83.9 Å². The lowest BCUT2D eigenvalue weighted by Gasteiger charge is -2.12. The van der Waals surface area contributed by atoms with Crippen molar-refractivity contribution in [1.82, 2.24) is 0 Å². The lowest BCUT2D eigenvalue weighted by Crippen LogP contribution is -2.16. The molecule has 80 valence electrons. The molecule has 0 radical (unpaired) electrons. The van der Waals surface area contributed by atoms with Crippen LogP contribution in [0.4, 0.5) is 0 Å². The van der Waals surface area contributed by atoms with E-state index < -0.39 is 5.97 Å². The van der Waals surface area contributed by atoms with Crippen LogP contribution in [0.2, 0.25) is 0 Å². The average molecular weight is 200 g/mol. The molecule has 1 unspecified atom stereocenters. The fourth-order valence-electron chi connectivity index (χ4n) is 1.16. The van der Waals surface area contributed by atoms with Crippen molar-refractivity contribution < 1.29 is 19.1 Å². The van der Waals surface area contributed by atoms with Gasteiger partial charge in [0, 0.05) is 5.57 Å². The Balaban J connectivity index is 4.41. The predicted octanol–water partition coefficient (Wildman–Crippen LogP) is 1.30. The molecule has 0 spiro atoms. The first-order chi connectivity index (χ1) is 6.56. The summed E-state index contributed by atoms with van der Waals surface area (Å²) >= 11 is 0. The zero-order valence-electron chi connectivity index (χ0n) is 8.99. The van der Waals surface area contributed by atoms with E-state index >= 15 is 0 Å². The van der Waals surface area contributed by atoms with Crippen molar-refractivity contribution in [3.8, 4) is 0 Å². The van der Waals surface area contributed by atoms with Crippen LogP contribution >= 0.6 is 0 Å². The molecule has 14 heavy (non-hydrogen) atoms. The summed E-state index contributed by atoms with van der Waals surface area (Å²) in [6.45, 7) is 3.52. The first-order valence-corrected chi connectivity index (χ1v) is 4.38. The van der Waals surface area contributed by atoms with Crippen LogP contribution in [0.3, 0.4) is 0 Å². The molecule has 0 N–H and O–H groups in total. The average Bonchev–Trinajstić information content (AvgIpc) is 2.18. The van der Waals surface area contributed by atoms with E-state index in [9.17, 15) is 9.59 Å². The molecule has 4 heteroatoms. The molecule has 0 amide bonds. The largest absolute Gasteiger partial charge is 0.469 e. The van der Waals surface area contributed by atoms with Gasteiger partial charge in [-0.3, -0.25) is 4.79 Å². The van der Waals surface area contributed by atoms with Gasteiger partial charge >= 0.3 is 11.9 Å². The molecule has 0 aliphatic carbocycles. The maximum atomic E-state index is 11.2. The standard InChI is InChI=1S/C10H16O4/c1-5-8(10(12)14-4)7(2)6-9(11)13-3/h5,7H,6H2,1-4H3/b8-5+. The number of esters is 2. The zero-order valence-corrected chi connectivity index (χ0v) is 8.99. The Morgan fingerprint density at radius 1 is 1.29 bits per heavy atom. The number of carbonyl (C=O) groups excluding carboxylic acids is 2. The normalized spacial score (nSPS) is 13.3. The van der Waals surface area contributed by atoms with Gasteiger partial charge in [0.05, 0.1) is 20.6 Å². The first-order valence-electron chi connectivity index (χ1n) is 4.38. The van der Waals surface area contributed by atoms with E-state index in [2.05, 4.69) is 9.47 Å². The van der Waals surface area contributed by atoms with Crippen LogP contribution in [0.1, 0.15) is 20.3 Å². The number of hydrogen-bond donors (Lipinski definition) is 0. The van der Waals surface area contributed by atoms with Crippen molar-refractivity contribution in [3.63, 3.8) is 0 Å². The van der Waals surface area contributed by atoms with Crippen LogP contribution in [0, 0.1) is 5.92 Å². The summed E-state index contributed by atoms with van der Waals surface area (Å²) in [6, 6.07) is 0. The highest BCUT2D eigenvalue weighted by Crippen LogP contribution is 2.16. The van der Waals surface area contributed by atoms with Crippen LogP contribution < -0.4 is 0 Å². The molecule has 0 aliphatic rings. The Bertz CT molecular complexity index is 243. The Hall–Kier alpha value is -1.32. The van der Waals surface area contributed by atoms with E-state index in [-0.39, 0.29) is 18.3 Å². The number of methoxy groups -OCH3 is 2. The molecular formula is C10H16O4. The summed E-state index contributed by atoms with van der Waals surface area (Å²) in [5, 5.41) is 0. The van der Waals surface area contributed by atoms with Gasteiger partial charge in [0.25, 0.3) is 0 Å². The molecule has 0 bridgehead atoms. The van der Waals surface area contributed by atoms with Crippen LogP contribution in [0.25, 0.3) is 0 Å². The van der Waals surface area contributed by atoms with Crippen LogP contribution in [-0.2, 0) is 19.1 Å². The fraction of sp³-hybridized carbons (Fsp3) is 0.600. The molecule has 0 saturated heterocycles. The number of rotatable bonds is 4. The zero-order chi connectivity index (χ0) is 11.1. The summed E-state index contributed by atoms with van der Waals surface area (Å²) in [6.07, 6.45) is 1.84. The second kappa shape index (κ2) is 6.18. The lowest BCUT2D eigenvalue weighted by molar-refractivity contribution is -0.141. The van der Waals surface area contributed by atoms with E-state index in [4.69, 9.17) is 0 Å². The first kappa shape index (κ1) is 12.7. The molecule has 0 aromatic rings. The summed E-state index contributed by atoms with van der Waals surface area (Å²) in [5.74, 6) is -0.912. The molecule has 0 saturated carbocycles. The minimum atomic E-state index is -0.399. The molecular weight excluding hydrogens is 184 g/mol. The van der Waals surface area contributed by atoms with Gasteiger partial charge in [-0.15, -0.1) is 0 Å². The van der Waals surface area contributed by atoms with Crippen molar-refractivity contribution in [1.29, 1.82) is 0 Å². The highest BCUT2D eigenvalue weighted by molar-refractivity contribution is 5.89. The van der Waals surface area contributed by atoms with Gasteiger partial charge in [0.2, 0.25) is 0 Å². The maximum absolute atomic E-state index is 11.2. The van der Waals surface area contributed by atoms with Gasteiger partial charge in [-0.1, -0.05) is 13.0 Å². The molecule has 0 aromatic carbocycles. The molecule has 0 aromatic heterocycles. The molecule has 0 heterocycles. The van der Waals surface area contributed by atoms with E-state index in [1.54, 1.807) is 19.9 Å². The predicted molar refractivity (Wildman–Crippen MR) is 51.6 cm³/mol.